The zero-order valence-electron chi connectivity index (χ0n) is 12.1. The summed E-state index contributed by atoms with van der Waals surface area (Å²) < 4.78 is 32.0. The van der Waals surface area contributed by atoms with Gasteiger partial charge in [-0.1, -0.05) is 6.08 Å². The van der Waals surface area contributed by atoms with Gasteiger partial charge in [-0.25, -0.2) is 17.9 Å². The van der Waals surface area contributed by atoms with E-state index in [9.17, 15) is 13.2 Å². The first kappa shape index (κ1) is 17.4. The number of nitrogens with one attached hydrogen (secondary N) is 2. The third-order valence-electron chi connectivity index (χ3n) is 2.86. The van der Waals surface area contributed by atoms with Gasteiger partial charge in [-0.2, -0.15) is 0 Å². The van der Waals surface area contributed by atoms with Crippen LogP contribution in [0.25, 0.3) is 0 Å². The highest BCUT2D eigenvalue weighted by Crippen LogP contribution is 2.22. The van der Waals surface area contributed by atoms with Crippen molar-refractivity contribution in [2.75, 3.05) is 19.8 Å². The maximum atomic E-state index is 12.2. The Morgan fingerprint density at radius 1 is 1.43 bits per heavy atom. The van der Waals surface area contributed by atoms with Crippen LogP contribution in [-0.4, -0.2) is 44.2 Å². The molecule has 0 amide bonds. The first-order valence-electron chi connectivity index (χ1n) is 6.42. The Kier molecular flexibility index (Phi) is 6.13. The van der Waals surface area contributed by atoms with E-state index in [2.05, 4.69) is 16.3 Å². The molecule has 0 radical (unpaired) electrons. The summed E-state index contributed by atoms with van der Waals surface area (Å²) in [5, 5.41) is 8.99. The summed E-state index contributed by atoms with van der Waals surface area (Å²) >= 11 is 0. The van der Waals surface area contributed by atoms with Gasteiger partial charge in [-0.3, -0.25) is 0 Å². The quantitative estimate of drug-likeness (QED) is 0.468. The third kappa shape index (κ3) is 4.42. The molecule has 0 saturated carbocycles. The largest absolute Gasteiger partial charge is 0.477 e. The zero-order chi connectivity index (χ0) is 16.0. The second-order valence-corrected chi connectivity index (χ2v) is 6.18. The van der Waals surface area contributed by atoms with Crippen molar-refractivity contribution in [1.82, 2.24) is 9.71 Å². The molecule has 8 heteroatoms. The highest BCUT2D eigenvalue weighted by atomic mass is 32.2. The van der Waals surface area contributed by atoms with Crippen molar-refractivity contribution in [3.63, 3.8) is 0 Å². The molecular formula is C13H20N2O5S. The molecule has 0 spiro atoms. The van der Waals surface area contributed by atoms with Crippen molar-refractivity contribution in [3.8, 4) is 0 Å². The van der Waals surface area contributed by atoms with Crippen LogP contribution in [0, 0.1) is 13.8 Å². The number of carboxylic acid groups (broad SMARTS) is 1. The van der Waals surface area contributed by atoms with Crippen LogP contribution in [0.2, 0.25) is 0 Å². The van der Waals surface area contributed by atoms with Gasteiger partial charge >= 0.3 is 5.97 Å². The zero-order valence-corrected chi connectivity index (χ0v) is 12.9. The first-order chi connectivity index (χ1) is 9.81. The molecule has 0 bridgehead atoms. The summed E-state index contributed by atoms with van der Waals surface area (Å²) in [7, 11) is -3.77. The molecule has 0 aliphatic heterocycles. The van der Waals surface area contributed by atoms with Crippen LogP contribution < -0.4 is 4.72 Å². The first-order valence-corrected chi connectivity index (χ1v) is 7.90. The molecule has 0 unspecified atom stereocenters. The molecule has 7 nitrogen and oxygen atoms in total. The number of aromatic nitrogens is 1. The van der Waals surface area contributed by atoms with Gasteiger partial charge in [0.05, 0.1) is 13.2 Å². The van der Waals surface area contributed by atoms with Crippen molar-refractivity contribution < 1.29 is 23.1 Å². The maximum absolute atomic E-state index is 12.2. The molecule has 1 aromatic rings. The van der Waals surface area contributed by atoms with E-state index in [-0.39, 0.29) is 29.3 Å². The van der Waals surface area contributed by atoms with Crippen molar-refractivity contribution in [2.45, 2.75) is 25.2 Å². The van der Waals surface area contributed by atoms with Crippen LogP contribution in [0.3, 0.4) is 0 Å². The number of aryl methyl sites for hydroxylation is 1. The number of H-pyrrole nitrogens is 1. The Hall–Kier alpha value is -1.64. The van der Waals surface area contributed by atoms with E-state index < -0.39 is 16.0 Å². The summed E-state index contributed by atoms with van der Waals surface area (Å²) in [6.45, 7) is 7.37. The van der Waals surface area contributed by atoms with Gasteiger partial charge in [0.1, 0.15) is 10.6 Å². The Labute approximate surface area is 124 Å². The maximum Gasteiger partial charge on any atom is 0.352 e. The lowest BCUT2D eigenvalue weighted by molar-refractivity contribution is 0.0690. The summed E-state index contributed by atoms with van der Waals surface area (Å²) in [6, 6.07) is 0. The Balaban J connectivity index is 2.75. The summed E-state index contributed by atoms with van der Waals surface area (Å²) in [4.78, 5) is 13.6. The monoisotopic (exact) mass is 316 g/mol. The Bertz CT molecular complexity index is 619. The summed E-state index contributed by atoms with van der Waals surface area (Å²) in [5.74, 6) is -1.19. The lowest BCUT2D eigenvalue weighted by Gasteiger charge is -2.08. The number of carboxylic acids is 1. The smallest absolute Gasteiger partial charge is 0.352 e. The normalized spacial score (nSPS) is 11.5. The van der Waals surface area contributed by atoms with E-state index in [1.54, 1.807) is 6.08 Å². The van der Waals surface area contributed by atoms with Crippen LogP contribution in [0.4, 0.5) is 0 Å². The van der Waals surface area contributed by atoms with Crippen LogP contribution in [0.1, 0.15) is 28.2 Å². The van der Waals surface area contributed by atoms with Gasteiger partial charge in [0.15, 0.2) is 0 Å². The fraction of sp³-hybridized carbons (Fsp3) is 0.462. The van der Waals surface area contributed by atoms with E-state index in [0.29, 0.717) is 18.7 Å². The van der Waals surface area contributed by atoms with Crippen molar-refractivity contribution >= 4 is 16.0 Å². The second-order valence-electron chi connectivity index (χ2n) is 4.47. The van der Waals surface area contributed by atoms with E-state index in [0.717, 1.165) is 0 Å². The van der Waals surface area contributed by atoms with E-state index >= 15 is 0 Å². The number of ether oxygens (including phenoxy) is 1. The van der Waals surface area contributed by atoms with E-state index in [4.69, 9.17) is 9.84 Å². The van der Waals surface area contributed by atoms with Gasteiger partial charge in [0.2, 0.25) is 10.0 Å². The van der Waals surface area contributed by atoms with Gasteiger partial charge in [-0.15, -0.1) is 6.58 Å². The molecule has 0 fully saturated rings. The lowest BCUT2D eigenvalue weighted by Crippen LogP contribution is -2.28. The average Bonchev–Trinajstić information content (AvgIpc) is 2.69. The Morgan fingerprint density at radius 2 is 2.10 bits per heavy atom. The average molecular weight is 316 g/mol. The number of rotatable bonds is 9. The fourth-order valence-corrected chi connectivity index (χ4v) is 3.39. The molecule has 0 atom stereocenters. The minimum atomic E-state index is -3.77. The molecule has 0 aliphatic rings. The highest BCUT2D eigenvalue weighted by Gasteiger charge is 2.25. The minimum Gasteiger partial charge on any atom is -0.477 e. The lowest BCUT2D eigenvalue weighted by atomic mass is 10.2. The molecule has 0 saturated heterocycles. The number of sulfonamides is 1. The van der Waals surface area contributed by atoms with E-state index in [1.807, 2.05) is 0 Å². The minimum absolute atomic E-state index is 0.0222. The molecule has 1 rings (SSSR count). The molecule has 0 aliphatic carbocycles. The predicted octanol–water partition coefficient (Wildman–Crippen LogP) is 1.20. The number of hydrogen-bond donors (Lipinski definition) is 3. The van der Waals surface area contributed by atoms with Crippen LogP contribution >= 0.6 is 0 Å². The van der Waals surface area contributed by atoms with Gasteiger partial charge < -0.3 is 14.8 Å². The standard InChI is InChI=1S/C13H20N2O5S/c1-4-5-7-20-8-6-14-21(18,19)12-9(2)11(13(16)17)15-10(12)3/h4,14-15H,1,5-8H2,2-3H3,(H,16,17). The summed E-state index contributed by atoms with van der Waals surface area (Å²) in [6.07, 6.45) is 2.41. The molecule has 3 N–H and O–H groups in total. The van der Waals surface area contributed by atoms with Crippen molar-refractivity contribution in [2.24, 2.45) is 0 Å². The van der Waals surface area contributed by atoms with Crippen molar-refractivity contribution in [3.05, 3.63) is 29.6 Å². The van der Waals surface area contributed by atoms with E-state index in [1.165, 1.54) is 13.8 Å². The molecule has 21 heavy (non-hydrogen) atoms. The van der Waals surface area contributed by atoms with Gasteiger partial charge in [-0.05, 0) is 20.3 Å². The number of hydrogen-bond acceptors (Lipinski definition) is 4. The molecule has 1 aromatic heterocycles. The SMILES string of the molecule is C=CCCOCCNS(=O)(=O)c1c(C)[nH]c(C(=O)O)c1C. The highest BCUT2D eigenvalue weighted by molar-refractivity contribution is 7.89. The molecular weight excluding hydrogens is 296 g/mol. The number of aromatic carboxylic acids is 1. The number of aromatic amines is 1. The third-order valence-corrected chi connectivity index (χ3v) is 4.59. The summed E-state index contributed by atoms with van der Waals surface area (Å²) in [5.41, 5.74) is 0.375. The van der Waals surface area contributed by atoms with Crippen LogP contribution in [0.15, 0.2) is 17.6 Å². The van der Waals surface area contributed by atoms with Crippen LogP contribution in [-0.2, 0) is 14.8 Å². The fourth-order valence-electron chi connectivity index (χ4n) is 1.94. The Morgan fingerprint density at radius 3 is 2.62 bits per heavy atom. The molecule has 1 heterocycles. The van der Waals surface area contributed by atoms with Gasteiger partial charge in [0, 0.05) is 17.8 Å². The number of carbonyl (C=O) groups is 1. The molecule has 118 valence electrons. The van der Waals surface area contributed by atoms with Crippen molar-refractivity contribution in [1.29, 1.82) is 0 Å². The molecule has 0 aromatic carbocycles. The predicted molar refractivity (Wildman–Crippen MR) is 78.0 cm³/mol. The van der Waals surface area contributed by atoms with Gasteiger partial charge in [0.25, 0.3) is 0 Å². The second kappa shape index (κ2) is 7.39. The van der Waals surface area contributed by atoms with Crippen LogP contribution in [0.5, 0.6) is 0 Å². The topological polar surface area (TPSA) is 108 Å².